The number of hydrogen-bond donors (Lipinski definition) is 2. The van der Waals surface area contributed by atoms with Gasteiger partial charge in [-0.05, 0) is 12.8 Å². The van der Waals surface area contributed by atoms with Crippen LogP contribution in [-0.2, 0) is 9.59 Å². The Kier molecular flexibility index (Phi) is 4.77. The van der Waals surface area contributed by atoms with Crippen LogP contribution in [0.2, 0.25) is 0 Å². The Morgan fingerprint density at radius 1 is 1.31 bits per heavy atom. The van der Waals surface area contributed by atoms with E-state index in [1.54, 1.807) is 0 Å². The Balaban J connectivity index is 2.51. The lowest BCUT2D eigenvalue weighted by Gasteiger charge is -2.27. The van der Waals surface area contributed by atoms with E-state index in [-0.39, 0.29) is 12.3 Å². The average molecular weight is 224 g/mol. The van der Waals surface area contributed by atoms with Gasteiger partial charge in [0.05, 0.1) is 24.3 Å². The largest absolute Gasteiger partial charge is 0.481 e. The Bertz CT molecular complexity index is 309. The minimum Gasteiger partial charge on any atom is -0.481 e. The molecule has 2 N–H and O–H groups in total. The smallest absolute Gasteiger partial charge is 0.307 e. The minimum atomic E-state index is -0.889. The van der Waals surface area contributed by atoms with Gasteiger partial charge in [-0.15, -0.1) is 0 Å². The number of carbonyl (C=O) groups excluding carboxylic acids is 1. The number of nitriles is 1. The molecule has 1 aliphatic carbocycles. The molecule has 0 aliphatic heterocycles. The second-order valence-corrected chi connectivity index (χ2v) is 4.03. The first-order chi connectivity index (χ1) is 7.66. The molecule has 0 saturated heterocycles. The quantitative estimate of drug-likeness (QED) is 0.694. The van der Waals surface area contributed by atoms with Crippen molar-refractivity contribution < 1.29 is 14.7 Å². The van der Waals surface area contributed by atoms with Gasteiger partial charge in [0, 0.05) is 6.54 Å². The average Bonchev–Trinajstić information content (AvgIpc) is 2.29. The van der Waals surface area contributed by atoms with Crippen molar-refractivity contribution in [2.24, 2.45) is 11.8 Å². The molecule has 1 rings (SSSR count). The Hall–Kier alpha value is -1.57. The number of carboxylic acid groups (broad SMARTS) is 1. The third kappa shape index (κ3) is 3.23. The number of carbonyl (C=O) groups is 2. The number of rotatable bonds is 4. The summed E-state index contributed by atoms with van der Waals surface area (Å²) < 4.78 is 0. The van der Waals surface area contributed by atoms with E-state index in [2.05, 4.69) is 5.32 Å². The zero-order valence-corrected chi connectivity index (χ0v) is 9.11. The van der Waals surface area contributed by atoms with Gasteiger partial charge in [0.15, 0.2) is 0 Å². The zero-order chi connectivity index (χ0) is 12.0. The van der Waals surface area contributed by atoms with Crippen molar-refractivity contribution in [1.29, 1.82) is 5.26 Å². The van der Waals surface area contributed by atoms with Crippen LogP contribution in [0.4, 0.5) is 0 Å². The van der Waals surface area contributed by atoms with Crippen LogP contribution in [0.3, 0.4) is 0 Å². The van der Waals surface area contributed by atoms with Gasteiger partial charge < -0.3 is 10.4 Å². The molecule has 0 aromatic heterocycles. The SMILES string of the molecule is N#CCCNC(=O)C1CCCCC1C(=O)O. The highest BCUT2D eigenvalue weighted by molar-refractivity contribution is 5.84. The van der Waals surface area contributed by atoms with Crippen LogP contribution in [0, 0.1) is 23.2 Å². The van der Waals surface area contributed by atoms with Crippen molar-refractivity contribution in [3.05, 3.63) is 0 Å². The maximum absolute atomic E-state index is 11.7. The number of nitrogens with one attached hydrogen (secondary N) is 1. The molecule has 5 heteroatoms. The van der Waals surface area contributed by atoms with Crippen LogP contribution in [0.15, 0.2) is 0 Å². The summed E-state index contributed by atoms with van der Waals surface area (Å²) in [5.41, 5.74) is 0. The maximum atomic E-state index is 11.7. The third-order valence-corrected chi connectivity index (χ3v) is 2.96. The predicted octanol–water partition coefficient (Wildman–Crippen LogP) is 0.907. The summed E-state index contributed by atoms with van der Waals surface area (Å²) in [6, 6.07) is 1.93. The van der Waals surface area contributed by atoms with E-state index in [9.17, 15) is 9.59 Å². The number of carboxylic acids is 1. The van der Waals surface area contributed by atoms with Crippen LogP contribution < -0.4 is 5.32 Å². The molecule has 1 amide bonds. The Morgan fingerprint density at radius 3 is 2.50 bits per heavy atom. The molecule has 0 aromatic rings. The number of hydrogen-bond acceptors (Lipinski definition) is 3. The van der Waals surface area contributed by atoms with Crippen molar-refractivity contribution >= 4 is 11.9 Å². The highest BCUT2D eigenvalue weighted by Crippen LogP contribution is 2.30. The van der Waals surface area contributed by atoms with Crippen molar-refractivity contribution in [2.75, 3.05) is 6.54 Å². The first-order valence-electron chi connectivity index (χ1n) is 5.54. The monoisotopic (exact) mass is 224 g/mol. The first kappa shape index (κ1) is 12.5. The fourth-order valence-corrected chi connectivity index (χ4v) is 2.11. The molecule has 1 saturated carbocycles. The fraction of sp³-hybridized carbons (Fsp3) is 0.727. The van der Waals surface area contributed by atoms with Gasteiger partial charge in [0.2, 0.25) is 5.91 Å². The molecule has 0 spiro atoms. The normalized spacial score (nSPS) is 24.4. The van der Waals surface area contributed by atoms with Crippen LogP contribution in [0.25, 0.3) is 0 Å². The van der Waals surface area contributed by atoms with Crippen molar-refractivity contribution in [3.63, 3.8) is 0 Å². The van der Waals surface area contributed by atoms with Gasteiger partial charge in [0.1, 0.15) is 0 Å². The Labute approximate surface area is 94.4 Å². The zero-order valence-electron chi connectivity index (χ0n) is 9.11. The molecule has 16 heavy (non-hydrogen) atoms. The van der Waals surface area contributed by atoms with E-state index in [4.69, 9.17) is 10.4 Å². The van der Waals surface area contributed by atoms with Gasteiger partial charge in [-0.1, -0.05) is 12.8 Å². The van der Waals surface area contributed by atoms with Gasteiger partial charge in [-0.2, -0.15) is 5.26 Å². The van der Waals surface area contributed by atoms with Gasteiger partial charge >= 0.3 is 5.97 Å². The van der Waals surface area contributed by atoms with Crippen molar-refractivity contribution in [3.8, 4) is 6.07 Å². The van der Waals surface area contributed by atoms with Gasteiger partial charge in [-0.3, -0.25) is 9.59 Å². The van der Waals surface area contributed by atoms with Gasteiger partial charge in [0.25, 0.3) is 0 Å². The van der Waals surface area contributed by atoms with Gasteiger partial charge in [-0.25, -0.2) is 0 Å². The molecule has 2 atom stereocenters. The summed E-state index contributed by atoms with van der Waals surface area (Å²) in [4.78, 5) is 22.7. The van der Waals surface area contributed by atoms with E-state index in [0.29, 0.717) is 19.4 Å². The standard InChI is InChI=1S/C11H16N2O3/c12-6-3-7-13-10(14)8-4-1-2-5-9(8)11(15)16/h8-9H,1-5,7H2,(H,13,14)(H,15,16). The maximum Gasteiger partial charge on any atom is 0.307 e. The second kappa shape index (κ2) is 6.11. The van der Waals surface area contributed by atoms with E-state index >= 15 is 0 Å². The van der Waals surface area contributed by atoms with Crippen LogP contribution >= 0.6 is 0 Å². The summed E-state index contributed by atoms with van der Waals surface area (Å²) in [5, 5.41) is 19.9. The molecule has 1 fully saturated rings. The van der Waals surface area contributed by atoms with Crippen molar-refractivity contribution in [1.82, 2.24) is 5.32 Å². The molecule has 0 heterocycles. The van der Waals surface area contributed by atoms with E-state index < -0.39 is 17.8 Å². The summed E-state index contributed by atoms with van der Waals surface area (Å²) in [7, 11) is 0. The summed E-state index contributed by atoms with van der Waals surface area (Å²) in [6.07, 6.45) is 3.25. The number of aliphatic carboxylic acids is 1. The van der Waals surface area contributed by atoms with E-state index in [1.165, 1.54) is 0 Å². The summed E-state index contributed by atoms with van der Waals surface area (Å²) in [5.74, 6) is -2.09. The van der Waals surface area contributed by atoms with E-state index in [0.717, 1.165) is 12.8 Å². The molecule has 0 bridgehead atoms. The molecular formula is C11H16N2O3. The number of nitrogens with zero attached hydrogens (tertiary/aromatic N) is 1. The lowest BCUT2D eigenvalue weighted by atomic mass is 9.79. The molecule has 2 unspecified atom stereocenters. The highest BCUT2D eigenvalue weighted by Gasteiger charge is 2.35. The van der Waals surface area contributed by atoms with Crippen LogP contribution in [0.1, 0.15) is 32.1 Å². The third-order valence-electron chi connectivity index (χ3n) is 2.96. The Morgan fingerprint density at radius 2 is 1.94 bits per heavy atom. The second-order valence-electron chi connectivity index (χ2n) is 4.03. The van der Waals surface area contributed by atoms with Crippen LogP contribution in [0.5, 0.6) is 0 Å². The number of amides is 1. The molecule has 0 radical (unpaired) electrons. The molecule has 5 nitrogen and oxygen atoms in total. The first-order valence-corrected chi connectivity index (χ1v) is 5.54. The lowest BCUT2D eigenvalue weighted by molar-refractivity contribution is -0.148. The molecule has 0 aromatic carbocycles. The molecule has 88 valence electrons. The molecular weight excluding hydrogens is 208 g/mol. The van der Waals surface area contributed by atoms with E-state index in [1.807, 2.05) is 6.07 Å². The topological polar surface area (TPSA) is 90.2 Å². The fourth-order valence-electron chi connectivity index (χ4n) is 2.11. The van der Waals surface area contributed by atoms with Crippen LogP contribution in [-0.4, -0.2) is 23.5 Å². The minimum absolute atomic E-state index is 0.220. The summed E-state index contributed by atoms with van der Waals surface area (Å²) in [6.45, 7) is 0.304. The molecule has 1 aliphatic rings. The predicted molar refractivity (Wildman–Crippen MR) is 56.3 cm³/mol. The lowest BCUT2D eigenvalue weighted by Crippen LogP contribution is -2.40. The summed E-state index contributed by atoms with van der Waals surface area (Å²) >= 11 is 0. The van der Waals surface area contributed by atoms with Crippen molar-refractivity contribution in [2.45, 2.75) is 32.1 Å². The highest BCUT2D eigenvalue weighted by atomic mass is 16.4.